The minimum Gasteiger partial charge on any atom is -0.493 e. The molecule has 6 nitrogen and oxygen atoms in total. The molecule has 0 aliphatic rings. The molecular weight excluding hydrogens is 467 g/mol. The zero-order valence-electron chi connectivity index (χ0n) is 17.1. The molecule has 4 aromatic rings. The van der Waals surface area contributed by atoms with Gasteiger partial charge in [-0.15, -0.1) is 0 Å². The molecule has 0 bridgehead atoms. The summed E-state index contributed by atoms with van der Waals surface area (Å²) in [6.07, 6.45) is 0. The molecule has 0 radical (unpaired) electrons. The van der Waals surface area contributed by atoms with Crippen molar-refractivity contribution in [3.63, 3.8) is 0 Å². The number of rotatable bonds is 8. The summed E-state index contributed by atoms with van der Waals surface area (Å²) in [5.74, 6) is 1.68. The molecule has 1 heterocycles. The van der Waals surface area contributed by atoms with Crippen molar-refractivity contribution in [2.45, 2.75) is 13.2 Å². The molecule has 0 unspecified atom stereocenters. The van der Waals surface area contributed by atoms with Gasteiger partial charge in [-0.2, -0.15) is 5.10 Å². The van der Waals surface area contributed by atoms with Crippen LogP contribution >= 0.6 is 35.4 Å². The van der Waals surface area contributed by atoms with Crippen molar-refractivity contribution in [3.8, 4) is 22.9 Å². The summed E-state index contributed by atoms with van der Waals surface area (Å²) in [4.78, 5) is 0. The summed E-state index contributed by atoms with van der Waals surface area (Å²) in [7, 11) is 1.57. The normalized spacial score (nSPS) is 10.7. The van der Waals surface area contributed by atoms with Crippen molar-refractivity contribution in [1.82, 2.24) is 14.9 Å². The summed E-state index contributed by atoms with van der Waals surface area (Å²) in [5, 5.41) is 8.22. The highest BCUT2D eigenvalue weighted by Crippen LogP contribution is 2.37. The number of methoxy groups -OCH3 is 1. The summed E-state index contributed by atoms with van der Waals surface area (Å²) in [6, 6.07) is 21.0. The molecule has 0 saturated carbocycles. The lowest BCUT2D eigenvalue weighted by molar-refractivity contribution is 0.284. The van der Waals surface area contributed by atoms with Crippen LogP contribution in [0.15, 0.2) is 66.7 Å². The standard InChI is InChI=1S/C23H20Cl2N4O2S/c1-30-20-12-15(11-19(25)21(20)31-14-17-9-5-6-10-18(17)24)13-26-29-22(27-28-23(29)32)16-7-3-2-4-8-16/h2-12,26H,13-14H2,1H3,(H,28,32). The first-order chi connectivity index (χ1) is 15.6. The Balaban J connectivity index is 1.52. The van der Waals surface area contributed by atoms with Crippen LogP contribution < -0.4 is 14.9 Å². The van der Waals surface area contributed by atoms with Crippen molar-refractivity contribution in [2.24, 2.45) is 0 Å². The van der Waals surface area contributed by atoms with Gasteiger partial charge in [-0.25, -0.2) is 9.77 Å². The van der Waals surface area contributed by atoms with Crippen LogP contribution in [0.25, 0.3) is 11.4 Å². The Hall–Kier alpha value is -3.00. The zero-order valence-corrected chi connectivity index (χ0v) is 19.5. The number of H-pyrrole nitrogens is 1. The second-order valence-electron chi connectivity index (χ2n) is 6.88. The van der Waals surface area contributed by atoms with Crippen LogP contribution in [0, 0.1) is 4.77 Å². The molecule has 0 saturated heterocycles. The Labute approximate surface area is 200 Å². The Morgan fingerprint density at radius 2 is 1.78 bits per heavy atom. The SMILES string of the molecule is COc1cc(CNn2c(-c3ccccc3)n[nH]c2=S)cc(Cl)c1OCc1ccccc1Cl. The lowest BCUT2D eigenvalue weighted by Gasteiger charge is -2.16. The average Bonchev–Trinajstić information content (AvgIpc) is 3.18. The first-order valence-corrected chi connectivity index (χ1v) is 10.9. The first kappa shape index (κ1) is 22.2. The fourth-order valence-electron chi connectivity index (χ4n) is 3.18. The Bertz CT molecular complexity index is 1270. The monoisotopic (exact) mass is 486 g/mol. The van der Waals surface area contributed by atoms with Gasteiger partial charge in [0.05, 0.1) is 18.7 Å². The van der Waals surface area contributed by atoms with Gasteiger partial charge in [0.15, 0.2) is 17.3 Å². The van der Waals surface area contributed by atoms with Crippen molar-refractivity contribution in [3.05, 3.63) is 92.7 Å². The topological polar surface area (TPSA) is 64.1 Å². The van der Waals surface area contributed by atoms with E-state index in [1.54, 1.807) is 11.8 Å². The molecule has 0 spiro atoms. The quantitative estimate of drug-likeness (QED) is 0.288. The van der Waals surface area contributed by atoms with Crippen molar-refractivity contribution in [2.75, 3.05) is 12.5 Å². The molecule has 0 atom stereocenters. The number of aromatic nitrogens is 3. The van der Waals surface area contributed by atoms with Gasteiger partial charge < -0.3 is 14.9 Å². The Kier molecular flexibility index (Phi) is 6.99. The Morgan fingerprint density at radius 3 is 2.53 bits per heavy atom. The molecule has 0 amide bonds. The van der Waals surface area contributed by atoms with E-state index < -0.39 is 0 Å². The molecule has 2 N–H and O–H groups in total. The van der Waals surface area contributed by atoms with Gasteiger partial charge >= 0.3 is 0 Å². The first-order valence-electron chi connectivity index (χ1n) is 9.76. The zero-order chi connectivity index (χ0) is 22.5. The van der Waals surface area contributed by atoms with Gasteiger partial charge in [0, 0.05) is 16.1 Å². The highest BCUT2D eigenvalue weighted by atomic mass is 35.5. The Morgan fingerprint density at radius 1 is 1.03 bits per heavy atom. The highest BCUT2D eigenvalue weighted by molar-refractivity contribution is 7.71. The van der Waals surface area contributed by atoms with E-state index in [0.29, 0.717) is 38.7 Å². The summed E-state index contributed by atoms with van der Waals surface area (Å²) in [5.41, 5.74) is 5.97. The number of hydrogen-bond acceptors (Lipinski definition) is 5. The van der Waals surface area contributed by atoms with E-state index in [4.69, 9.17) is 44.9 Å². The molecule has 32 heavy (non-hydrogen) atoms. The fourth-order valence-corrected chi connectivity index (χ4v) is 3.85. The molecular formula is C23H20Cl2N4O2S. The van der Waals surface area contributed by atoms with Gasteiger partial charge in [0.1, 0.15) is 6.61 Å². The molecule has 3 aromatic carbocycles. The predicted octanol–water partition coefficient (Wildman–Crippen LogP) is 6.25. The molecule has 0 fully saturated rings. The van der Waals surface area contributed by atoms with Crippen LogP contribution in [0.2, 0.25) is 10.0 Å². The lowest BCUT2D eigenvalue weighted by atomic mass is 10.2. The molecule has 164 valence electrons. The minimum atomic E-state index is 0.276. The number of nitrogens with one attached hydrogen (secondary N) is 2. The van der Waals surface area contributed by atoms with Gasteiger partial charge in [-0.3, -0.25) is 0 Å². The van der Waals surface area contributed by atoms with E-state index in [1.807, 2.05) is 66.7 Å². The van der Waals surface area contributed by atoms with Gasteiger partial charge in [0.2, 0.25) is 4.77 Å². The average molecular weight is 487 g/mol. The van der Waals surface area contributed by atoms with Crippen LogP contribution in [0.1, 0.15) is 11.1 Å². The van der Waals surface area contributed by atoms with Crippen LogP contribution in [0.4, 0.5) is 0 Å². The van der Waals surface area contributed by atoms with Crippen molar-refractivity contribution < 1.29 is 9.47 Å². The lowest BCUT2D eigenvalue weighted by Crippen LogP contribution is -2.16. The summed E-state index contributed by atoms with van der Waals surface area (Å²) < 4.78 is 13.6. The third-order valence-electron chi connectivity index (χ3n) is 4.76. The van der Waals surface area contributed by atoms with E-state index in [2.05, 4.69) is 15.6 Å². The number of nitrogens with zero attached hydrogens (tertiary/aromatic N) is 2. The summed E-state index contributed by atoms with van der Waals surface area (Å²) >= 11 is 18.1. The summed E-state index contributed by atoms with van der Waals surface area (Å²) in [6.45, 7) is 0.715. The van der Waals surface area contributed by atoms with Gasteiger partial charge in [-0.1, -0.05) is 71.7 Å². The number of hydrogen-bond donors (Lipinski definition) is 2. The molecule has 0 aliphatic carbocycles. The maximum absolute atomic E-state index is 6.53. The van der Waals surface area contributed by atoms with E-state index in [1.165, 1.54) is 0 Å². The largest absolute Gasteiger partial charge is 0.493 e. The van der Waals surface area contributed by atoms with E-state index in [9.17, 15) is 0 Å². The number of halogens is 2. The number of ether oxygens (including phenoxy) is 2. The second-order valence-corrected chi connectivity index (χ2v) is 8.08. The van der Waals surface area contributed by atoms with Crippen molar-refractivity contribution in [1.29, 1.82) is 0 Å². The predicted molar refractivity (Wildman–Crippen MR) is 130 cm³/mol. The fraction of sp³-hybridized carbons (Fsp3) is 0.130. The van der Waals surface area contributed by atoms with Crippen molar-refractivity contribution >= 4 is 35.4 Å². The maximum Gasteiger partial charge on any atom is 0.214 e. The van der Waals surface area contributed by atoms with Crippen LogP contribution in [-0.4, -0.2) is 22.0 Å². The molecule has 9 heteroatoms. The maximum atomic E-state index is 6.53. The molecule has 4 rings (SSSR count). The molecule has 1 aromatic heterocycles. The van der Waals surface area contributed by atoms with Crippen LogP contribution in [-0.2, 0) is 13.2 Å². The second kappa shape index (κ2) is 10.1. The van der Waals surface area contributed by atoms with Crippen LogP contribution in [0.5, 0.6) is 11.5 Å². The van der Waals surface area contributed by atoms with E-state index in [-0.39, 0.29) is 6.61 Å². The third kappa shape index (κ3) is 4.91. The smallest absolute Gasteiger partial charge is 0.214 e. The minimum absolute atomic E-state index is 0.276. The van der Waals surface area contributed by atoms with E-state index in [0.717, 1.165) is 16.7 Å². The van der Waals surface area contributed by atoms with Gasteiger partial charge in [0.25, 0.3) is 0 Å². The number of aromatic amines is 1. The third-order valence-corrected chi connectivity index (χ3v) is 5.69. The van der Waals surface area contributed by atoms with E-state index >= 15 is 0 Å². The highest BCUT2D eigenvalue weighted by Gasteiger charge is 2.14. The molecule has 0 aliphatic heterocycles. The van der Waals surface area contributed by atoms with Crippen LogP contribution in [0.3, 0.4) is 0 Å². The number of benzene rings is 3. The van der Waals surface area contributed by atoms with Gasteiger partial charge in [-0.05, 0) is 36.0 Å².